The van der Waals surface area contributed by atoms with Crippen LogP contribution in [0, 0.1) is 18.6 Å². The lowest BCUT2D eigenvalue weighted by Crippen LogP contribution is -2.25. The Morgan fingerprint density at radius 2 is 1.80 bits per heavy atom. The first-order chi connectivity index (χ1) is 14.0. The average Bonchev–Trinajstić information content (AvgIpc) is 2.67. The summed E-state index contributed by atoms with van der Waals surface area (Å²) in [4.78, 5) is 12.2. The van der Waals surface area contributed by atoms with E-state index in [1.807, 2.05) is 6.92 Å². The van der Waals surface area contributed by atoms with Crippen LogP contribution >= 0.6 is 0 Å². The van der Waals surface area contributed by atoms with E-state index in [-0.39, 0.29) is 23.5 Å². The molecule has 2 aromatic carbocycles. The van der Waals surface area contributed by atoms with Gasteiger partial charge in [0.05, 0.1) is 18.2 Å². The highest BCUT2D eigenvalue weighted by Gasteiger charge is 2.31. The van der Waals surface area contributed by atoms with Crippen LogP contribution in [0.2, 0.25) is 0 Å². The number of rotatable bonds is 7. The van der Waals surface area contributed by atoms with Gasteiger partial charge >= 0.3 is 6.18 Å². The lowest BCUT2D eigenvalue weighted by molar-refractivity contribution is -0.137. The number of benzene rings is 2. The van der Waals surface area contributed by atoms with Crippen LogP contribution in [0.4, 0.5) is 22.0 Å². The molecule has 1 amide bonds. The minimum absolute atomic E-state index is 0.00597. The van der Waals surface area contributed by atoms with Crippen molar-refractivity contribution in [1.82, 2.24) is 5.32 Å². The van der Waals surface area contributed by atoms with Crippen LogP contribution in [0.5, 0.6) is 5.75 Å². The molecular weight excluding hydrogens is 405 g/mol. The van der Waals surface area contributed by atoms with Gasteiger partial charge in [-0.1, -0.05) is 13.0 Å². The average molecular weight is 427 g/mol. The summed E-state index contributed by atoms with van der Waals surface area (Å²) >= 11 is 0. The quantitative estimate of drug-likeness (QED) is 0.437. The van der Waals surface area contributed by atoms with Crippen LogP contribution < -0.4 is 10.1 Å². The zero-order chi connectivity index (χ0) is 22.5. The second-order valence-electron chi connectivity index (χ2n) is 6.77. The molecular formula is C22H22F5NO2. The minimum atomic E-state index is -4.52. The smallest absolute Gasteiger partial charge is 0.416 e. The first kappa shape index (κ1) is 23.4. The normalized spacial score (nSPS) is 12.8. The van der Waals surface area contributed by atoms with E-state index in [1.54, 1.807) is 6.92 Å². The van der Waals surface area contributed by atoms with Gasteiger partial charge in [-0.25, -0.2) is 8.78 Å². The van der Waals surface area contributed by atoms with E-state index in [1.165, 1.54) is 19.1 Å². The molecule has 1 N–H and O–H groups in total. The molecule has 0 heterocycles. The molecule has 0 radical (unpaired) electrons. The van der Waals surface area contributed by atoms with E-state index in [4.69, 9.17) is 4.74 Å². The maximum atomic E-state index is 13.7. The first-order valence-electron chi connectivity index (χ1n) is 9.31. The predicted octanol–water partition coefficient (Wildman–Crippen LogP) is 5.97. The fourth-order valence-electron chi connectivity index (χ4n) is 2.61. The fraction of sp³-hybridized carbons (Fsp3) is 0.318. The van der Waals surface area contributed by atoms with Gasteiger partial charge in [0, 0.05) is 17.2 Å². The number of ether oxygens (including phenoxy) is 1. The molecule has 0 aliphatic heterocycles. The van der Waals surface area contributed by atoms with Gasteiger partial charge in [-0.3, -0.25) is 4.79 Å². The number of nitrogens with one attached hydrogen (secondary N) is 1. The highest BCUT2D eigenvalue weighted by atomic mass is 19.4. The zero-order valence-electron chi connectivity index (χ0n) is 16.7. The Bertz CT molecular complexity index is 915. The Balaban J connectivity index is 2.16. The monoisotopic (exact) mass is 427 g/mol. The van der Waals surface area contributed by atoms with E-state index >= 15 is 0 Å². The topological polar surface area (TPSA) is 38.3 Å². The summed E-state index contributed by atoms with van der Waals surface area (Å²) in [5.74, 6) is -2.01. The fourth-order valence-corrected chi connectivity index (χ4v) is 2.61. The maximum absolute atomic E-state index is 13.7. The Hall–Kier alpha value is -2.90. The van der Waals surface area contributed by atoms with Crippen molar-refractivity contribution >= 4 is 12.0 Å². The molecule has 0 saturated heterocycles. The van der Waals surface area contributed by atoms with Gasteiger partial charge in [0.15, 0.2) is 0 Å². The standard InChI is InChI=1S/C22H22F5NO2/c1-4-9-30-20-12-17(22(25,26)27)7-5-15(20)6-8-21(29)28-14(3)16-10-18(23)13(2)19(24)11-16/h5-8,10-12,14H,4,9H2,1-3H3,(H,28,29)/b8-6+/t14-/m1/s1. The highest BCUT2D eigenvalue weighted by molar-refractivity contribution is 5.92. The molecule has 0 fully saturated rings. The number of carbonyl (C=O) groups is 1. The number of amides is 1. The molecule has 8 heteroatoms. The Labute approximate surface area is 171 Å². The molecule has 3 nitrogen and oxygen atoms in total. The number of hydrogen-bond acceptors (Lipinski definition) is 2. The summed E-state index contributed by atoms with van der Waals surface area (Å²) in [6.07, 6.45) is -1.47. The number of carbonyl (C=O) groups excluding carboxylic acids is 1. The van der Waals surface area contributed by atoms with Gasteiger partial charge in [0.25, 0.3) is 0 Å². The molecule has 0 aliphatic carbocycles. The second kappa shape index (κ2) is 9.73. The van der Waals surface area contributed by atoms with Crippen molar-refractivity contribution in [3.05, 3.63) is 70.3 Å². The number of alkyl halides is 3. The predicted molar refractivity (Wildman–Crippen MR) is 104 cm³/mol. The van der Waals surface area contributed by atoms with Gasteiger partial charge < -0.3 is 10.1 Å². The third-order valence-electron chi connectivity index (χ3n) is 4.38. The molecule has 0 bridgehead atoms. The van der Waals surface area contributed by atoms with Crippen molar-refractivity contribution in [2.45, 2.75) is 39.4 Å². The van der Waals surface area contributed by atoms with Crippen molar-refractivity contribution in [3.8, 4) is 5.75 Å². The Morgan fingerprint density at radius 1 is 1.17 bits per heavy atom. The van der Waals surface area contributed by atoms with Crippen LogP contribution in [-0.2, 0) is 11.0 Å². The minimum Gasteiger partial charge on any atom is -0.493 e. The molecule has 2 aromatic rings. The van der Waals surface area contributed by atoms with Crippen LogP contribution in [0.1, 0.15) is 48.6 Å². The SMILES string of the molecule is CCCOc1cc(C(F)(F)F)ccc1/C=C/C(=O)N[C@H](C)c1cc(F)c(C)c(F)c1. The number of hydrogen-bond donors (Lipinski definition) is 1. The van der Waals surface area contributed by atoms with Gasteiger partial charge in [-0.2, -0.15) is 13.2 Å². The molecule has 30 heavy (non-hydrogen) atoms. The van der Waals surface area contributed by atoms with Crippen molar-refractivity contribution in [1.29, 1.82) is 0 Å². The Morgan fingerprint density at radius 3 is 2.37 bits per heavy atom. The van der Waals surface area contributed by atoms with Crippen molar-refractivity contribution in [2.75, 3.05) is 6.61 Å². The van der Waals surface area contributed by atoms with Crippen molar-refractivity contribution in [3.63, 3.8) is 0 Å². The van der Waals surface area contributed by atoms with E-state index in [2.05, 4.69) is 5.32 Å². The van der Waals surface area contributed by atoms with E-state index < -0.39 is 35.3 Å². The Kier molecular flexibility index (Phi) is 7.59. The summed E-state index contributed by atoms with van der Waals surface area (Å²) in [6, 6.07) is 4.59. The second-order valence-corrected chi connectivity index (χ2v) is 6.77. The molecule has 0 unspecified atom stereocenters. The molecule has 1 atom stereocenters. The maximum Gasteiger partial charge on any atom is 0.416 e. The van der Waals surface area contributed by atoms with Crippen LogP contribution in [-0.4, -0.2) is 12.5 Å². The van der Waals surface area contributed by atoms with Crippen LogP contribution in [0.25, 0.3) is 6.08 Å². The van der Waals surface area contributed by atoms with E-state index in [9.17, 15) is 26.7 Å². The van der Waals surface area contributed by atoms with Crippen molar-refractivity contribution < 1.29 is 31.5 Å². The third-order valence-corrected chi connectivity index (χ3v) is 4.38. The third kappa shape index (κ3) is 6.05. The van der Waals surface area contributed by atoms with Gasteiger partial charge in [-0.05, 0) is 56.2 Å². The first-order valence-corrected chi connectivity index (χ1v) is 9.31. The lowest BCUT2D eigenvalue weighted by Gasteiger charge is -2.15. The largest absolute Gasteiger partial charge is 0.493 e. The highest BCUT2D eigenvalue weighted by Crippen LogP contribution is 2.33. The van der Waals surface area contributed by atoms with Gasteiger partial charge in [-0.15, -0.1) is 0 Å². The molecule has 0 saturated carbocycles. The summed E-state index contributed by atoms with van der Waals surface area (Å²) in [5.41, 5.74) is -0.420. The molecule has 0 aliphatic rings. The van der Waals surface area contributed by atoms with Crippen molar-refractivity contribution in [2.24, 2.45) is 0 Å². The molecule has 0 spiro atoms. The van der Waals surface area contributed by atoms with Gasteiger partial charge in [0.2, 0.25) is 5.91 Å². The number of halogens is 5. The summed E-state index contributed by atoms with van der Waals surface area (Å²) in [7, 11) is 0. The summed E-state index contributed by atoms with van der Waals surface area (Å²) in [6.45, 7) is 4.90. The zero-order valence-corrected chi connectivity index (χ0v) is 16.7. The molecule has 0 aromatic heterocycles. The van der Waals surface area contributed by atoms with E-state index in [0.717, 1.165) is 30.3 Å². The van der Waals surface area contributed by atoms with Crippen LogP contribution in [0.3, 0.4) is 0 Å². The molecule has 162 valence electrons. The van der Waals surface area contributed by atoms with Gasteiger partial charge in [0.1, 0.15) is 17.4 Å². The summed E-state index contributed by atoms with van der Waals surface area (Å²) in [5, 5.41) is 2.56. The summed E-state index contributed by atoms with van der Waals surface area (Å²) < 4.78 is 71.6. The van der Waals surface area contributed by atoms with E-state index in [0.29, 0.717) is 12.0 Å². The van der Waals surface area contributed by atoms with Crippen LogP contribution in [0.15, 0.2) is 36.4 Å². The molecule has 2 rings (SSSR count). The lowest BCUT2D eigenvalue weighted by atomic mass is 10.1.